The number of phenols is 1. The number of alkyl halides is 3. The molecule has 0 radical (unpaired) electrons. The molecule has 0 atom stereocenters. The molecule has 0 saturated carbocycles. The van der Waals surface area contributed by atoms with Crippen LogP contribution in [0.15, 0.2) is 23.2 Å². The van der Waals surface area contributed by atoms with E-state index in [2.05, 4.69) is 15.0 Å². The summed E-state index contributed by atoms with van der Waals surface area (Å²) in [7, 11) is 0. The summed E-state index contributed by atoms with van der Waals surface area (Å²) >= 11 is 0. The number of rotatable bonds is 6. The van der Waals surface area contributed by atoms with E-state index < -0.39 is 12.1 Å². The van der Waals surface area contributed by atoms with E-state index in [4.69, 9.17) is 0 Å². The minimum Gasteiger partial charge on any atom is -0.507 e. The van der Waals surface area contributed by atoms with Crippen LogP contribution in [-0.2, 0) is 0 Å². The first-order valence-corrected chi connectivity index (χ1v) is 6.10. The van der Waals surface area contributed by atoms with Crippen molar-refractivity contribution in [3.8, 4) is 11.5 Å². The van der Waals surface area contributed by atoms with Gasteiger partial charge in [0.05, 0.1) is 6.54 Å². The normalized spacial score (nSPS) is 12.3. The van der Waals surface area contributed by atoms with Gasteiger partial charge in [-0.3, -0.25) is 4.99 Å². The molecule has 7 heteroatoms. The highest BCUT2D eigenvalue weighted by molar-refractivity contribution is 5.84. The smallest absolute Gasteiger partial charge is 0.507 e. The Balaban J connectivity index is 2.64. The van der Waals surface area contributed by atoms with E-state index in [1.807, 2.05) is 13.8 Å². The topological polar surface area (TPSA) is 53.9 Å². The molecular weight excluding hydrogens is 273 g/mol. The third-order valence-corrected chi connectivity index (χ3v) is 2.26. The third-order valence-electron chi connectivity index (χ3n) is 2.26. The molecule has 0 bridgehead atoms. The van der Waals surface area contributed by atoms with E-state index in [0.717, 1.165) is 18.2 Å². The minimum atomic E-state index is -4.76. The van der Waals surface area contributed by atoms with E-state index in [1.54, 1.807) is 0 Å². The second kappa shape index (κ2) is 7.14. The van der Waals surface area contributed by atoms with Gasteiger partial charge < -0.3 is 15.2 Å². The van der Waals surface area contributed by atoms with Crippen molar-refractivity contribution in [3.05, 3.63) is 23.8 Å². The quantitative estimate of drug-likeness (QED) is 0.625. The summed E-state index contributed by atoms with van der Waals surface area (Å²) in [5, 5.41) is 12.7. The van der Waals surface area contributed by atoms with Gasteiger partial charge in [-0.2, -0.15) is 0 Å². The Labute approximate surface area is 115 Å². The van der Waals surface area contributed by atoms with E-state index >= 15 is 0 Å². The average Bonchev–Trinajstić information content (AvgIpc) is 2.30. The molecule has 0 fully saturated rings. The van der Waals surface area contributed by atoms with Gasteiger partial charge in [0.25, 0.3) is 0 Å². The number of nitrogens with one attached hydrogen (secondary N) is 1. The van der Waals surface area contributed by atoms with Gasteiger partial charge in [-0.1, -0.05) is 13.8 Å². The van der Waals surface area contributed by atoms with Crippen LogP contribution >= 0.6 is 0 Å². The average molecular weight is 290 g/mol. The summed E-state index contributed by atoms with van der Waals surface area (Å²) in [5.41, 5.74) is 0.177. The van der Waals surface area contributed by atoms with Crippen molar-refractivity contribution >= 4 is 6.21 Å². The highest BCUT2D eigenvalue weighted by Crippen LogP contribution is 2.26. The fraction of sp³-hybridized carbons (Fsp3) is 0.462. The Morgan fingerprint density at radius 3 is 2.70 bits per heavy atom. The largest absolute Gasteiger partial charge is 0.573 e. The summed E-state index contributed by atoms with van der Waals surface area (Å²) in [4.78, 5) is 4.03. The standard InChI is InChI=1S/C13H17F3N2O2/c1-9(2)18-6-5-17-8-10-7-11(3-4-12(10)19)20-13(14,15)16/h3-4,7-9,18-19H,5-6H2,1-2H3. The van der Waals surface area contributed by atoms with Crippen LogP contribution < -0.4 is 10.1 Å². The highest BCUT2D eigenvalue weighted by atomic mass is 19.4. The molecule has 1 aromatic rings. The first kappa shape index (κ1) is 16.3. The van der Waals surface area contributed by atoms with Crippen LogP contribution in [-0.4, -0.2) is 36.8 Å². The van der Waals surface area contributed by atoms with E-state index in [0.29, 0.717) is 19.1 Å². The Kier molecular flexibility index (Phi) is 5.82. The lowest BCUT2D eigenvalue weighted by atomic mass is 10.2. The van der Waals surface area contributed by atoms with Gasteiger partial charge in [0.15, 0.2) is 0 Å². The van der Waals surface area contributed by atoms with Crippen molar-refractivity contribution in [1.29, 1.82) is 0 Å². The molecular formula is C13H17F3N2O2. The molecule has 0 saturated heterocycles. The zero-order valence-electron chi connectivity index (χ0n) is 11.2. The fourth-order valence-corrected chi connectivity index (χ4v) is 1.41. The molecule has 1 rings (SSSR count). The second-order valence-corrected chi connectivity index (χ2v) is 4.41. The summed E-state index contributed by atoms with van der Waals surface area (Å²) in [6.07, 6.45) is -3.44. The minimum absolute atomic E-state index is 0.153. The highest BCUT2D eigenvalue weighted by Gasteiger charge is 2.31. The first-order chi connectivity index (χ1) is 9.28. The number of hydrogen-bond donors (Lipinski definition) is 2. The number of benzene rings is 1. The van der Waals surface area contributed by atoms with Gasteiger partial charge in [0.2, 0.25) is 0 Å². The van der Waals surface area contributed by atoms with Crippen molar-refractivity contribution in [2.75, 3.05) is 13.1 Å². The van der Waals surface area contributed by atoms with E-state index in [-0.39, 0.29) is 11.3 Å². The molecule has 20 heavy (non-hydrogen) atoms. The molecule has 0 aliphatic heterocycles. The lowest BCUT2D eigenvalue weighted by Crippen LogP contribution is -2.25. The predicted octanol–water partition coefficient (Wildman–Crippen LogP) is 2.71. The lowest BCUT2D eigenvalue weighted by Gasteiger charge is -2.09. The van der Waals surface area contributed by atoms with Crippen LogP contribution in [0.2, 0.25) is 0 Å². The molecule has 0 heterocycles. The van der Waals surface area contributed by atoms with Crippen molar-refractivity contribution in [2.45, 2.75) is 26.3 Å². The van der Waals surface area contributed by atoms with Crippen LogP contribution in [0.4, 0.5) is 13.2 Å². The zero-order valence-corrected chi connectivity index (χ0v) is 11.2. The maximum absolute atomic E-state index is 12.1. The maximum atomic E-state index is 12.1. The maximum Gasteiger partial charge on any atom is 0.573 e. The lowest BCUT2D eigenvalue weighted by molar-refractivity contribution is -0.274. The van der Waals surface area contributed by atoms with Gasteiger partial charge >= 0.3 is 6.36 Å². The monoisotopic (exact) mass is 290 g/mol. The van der Waals surface area contributed by atoms with Crippen LogP contribution in [0.1, 0.15) is 19.4 Å². The van der Waals surface area contributed by atoms with Crippen molar-refractivity contribution in [1.82, 2.24) is 5.32 Å². The summed E-state index contributed by atoms with van der Waals surface area (Å²) in [5.74, 6) is -0.544. The van der Waals surface area contributed by atoms with Gasteiger partial charge in [0, 0.05) is 24.4 Å². The zero-order chi connectivity index (χ0) is 15.2. The van der Waals surface area contributed by atoms with Gasteiger partial charge in [-0.05, 0) is 18.2 Å². The van der Waals surface area contributed by atoms with Crippen LogP contribution in [0.25, 0.3) is 0 Å². The molecule has 0 aliphatic carbocycles. The molecule has 112 valence electrons. The van der Waals surface area contributed by atoms with E-state index in [1.165, 1.54) is 6.21 Å². The van der Waals surface area contributed by atoms with Gasteiger partial charge in [0.1, 0.15) is 11.5 Å². The van der Waals surface area contributed by atoms with Crippen molar-refractivity contribution < 1.29 is 23.0 Å². The first-order valence-electron chi connectivity index (χ1n) is 6.10. The Morgan fingerprint density at radius 1 is 1.40 bits per heavy atom. The number of aliphatic imine (C=N–C) groups is 1. The number of ether oxygens (including phenoxy) is 1. The predicted molar refractivity (Wildman–Crippen MR) is 70.4 cm³/mol. The molecule has 0 amide bonds. The Bertz CT molecular complexity index is 459. The van der Waals surface area contributed by atoms with Crippen molar-refractivity contribution in [3.63, 3.8) is 0 Å². The number of halogens is 3. The second-order valence-electron chi connectivity index (χ2n) is 4.41. The molecule has 2 N–H and O–H groups in total. The van der Waals surface area contributed by atoms with Gasteiger partial charge in [-0.25, -0.2) is 0 Å². The van der Waals surface area contributed by atoms with Crippen LogP contribution in [0.3, 0.4) is 0 Å². The number of aromatic hydroxyl groups is 1. The Morgan fingerprint density at radius 2 is 2.10 bits per heavy atom. The van der Waals surface area contributed by atoms with Crippen LogP contribution in [0, 0.1) is 0 Å². The van der Waals surface area contributed by atoms with Crippen LogP contribution in [0.5, 0.6) is 11.5 Å². The third kappa shape index (κ3) is 6.42. The van der Waals surface area contributed by atoms with Crippen molar-refractivity contribution in [2.24, 2.45) is 4.99 Å². The number of hydrogen-bond acceptors (Lipinski definition) is 4. The molecule has 0 aliphatic rings. The fourth-order valence-electron chi connectivity index (χ4n) is 1.41. The number of phenolic OH excluding ortho intramolecular Hbond substituents is 1. The molecule has 0 unspecified atom stereocenters. The van der Waals surface area contributed by atoms with E-state index in [9.17, 15) is 18.3 Å². The summed E-state index contributed by atoms with van der Waals surface area (Å²) in [6, 6.07) is 3.60. The van der Waals surface area contributed by atoms with Gasteiger partial charge in [-0.15, -0.1) is 13.2 Å². The Hall–Kier alpha value is -1.76. The molecule has 0 spiro atoms. The molecule has 0 aromatic heterocycles. The molecule has 1 aromatic carbocycles. The SMILES string of the molecule is CC(C)NCCN=Cc1cc(OC(F)(F)F)ccc1O. The summed E-state index contributed by atoms with van der Waals surface area (Å²) in [6.45, 7) is 5.09. The number of nitrogens with zero attached hydrogens (tertiary/aromatic N) is 1. The molecule has 4 nitrogen and oxygen atoms in total. The summed E-state index contributed by atoms with van der Waals surface area (Å²) < 4.78 is 40.0.